The molecule has 1 aliphatic rings. The highest BCUT2D eigenvalue weighted by molar-refractivity contribution is 6.37. The highest BCUT2D eigenvalue weighted by Gasteiger charge is 2.35. The maximum atomic E-state index is 10.7. The lowest BCUT2D eigenvalue weighted by Gasteiger charge is -2.22. The van der Waals surface area contributed by atoms with Gasteiger partial charge in [0, 0.05) is 11.5 Å². The van der Waals surface area contributed by atoms with Gasteiger partial charge in [0.1, 0.15) is 0 Å². The Morgan fingerprint density at radius 2 is 2.33 bits per heavy atom. The normalized spacial score (nSPS) is 29.2. The fourth-order valence-electron chi connectivity index (χ4n) is 1.02. The predicted octanol–water partition coefficient (Wildman–Crippen LogP) is 2.52. The first-order valence-corrected chi connectivity index (χ1v) is 4.18. The average molecular weight is 207 g/mol. The second-order valence-electron chi connectivity index (χ2n) is 2.81. The molecule has 0 aromatic heterocycles. The molecule has 1 N–H and O–H groups in total. The fraction of sp³-hybridized carbons (Fsp3) is 0.375. The van der Waals surface area contributed by atoms with Crippen LogP contribution in [0, 0.1) is 0 Å². The third-order valence-corrected chi connectivity index (χ3v) is 2.65. The van der Waals surface area contributed by atoms with Crippen LogP contribution in [-0.4, -0.2) is 16.0 Å². The van der Waals surface area contributed by atoms with Gasteiger partial charge in [-0.25, -0.2) is 4.79 Å². The maximum absolute atomic E-state index is 10.7. The van der Waals surface area contributed by atoms with Crippen molar-refractivity contribution in [2.75, 3.05) is 0 Å². The van der Waals surface area contributed by atoms with E-state index in [1.54, 1.807) is 6.92 Å². The Hall–Kier alpha value is -0.470. The van der Waals surface area contributed by atoms with Gasteiger partial charge in [0.05, 0.1) is 0 Å². The molecular weight excluding hydrogens is 199 g/mol. The average Bonchev–Trinajstić information content (AvgIpc) is 1.97. The molecule has 1 unspecified atom stereocenters. The third-order valence-electron chi connectivity index (χ3n) is 1.78. The van der Waals surface area contributed by atoms with Gasteiger partial charge in [0.25, 0.3) is 0 Å². The minimum Gasteiger partial charge on any atom is -0.480 e. The highest BCUT2D eigenvalue weighted by atomic mass is 35.5. The van der Waals surface area contributed by atoms with Crippen molar-refractivity contribution < 1.29 is 9.90 Å². The second kappa shape index (κ2) is 3.11. The molecule has 0 fully saturated rings. The van der Waals surface area contributed by atoms with Gasteiger partial charge in [0.15, 0.2) is 4.87 Å². The quantitative estimate of drug-likeness (QED) is 0.670. The van der Waals surface area contributed by atoms with E-state index in [4.69, 9.17) is 28.3 Å². The van der Waals surface area contributed by atoms with Gasteiger partial charge in [0.2, 0.25) is 0 Å². The largest absolute Gasteiger partial charge is 0.480 e. The summed E-state index contributed by atoms with van der Waals surface area (Å²) < 4.78 is 0. The number of halogens is 2. The van der Waals surface area contributed by atoms with Crippen LogP contribution >= 0.6 is 23.2 Å². The molecule has 0 aromatic carbocycles. The molecule has 0 saturated heterocycles. The van der Waals surface area contributed by atoms with Crippen LogP contribution in [0.3, 0.4) is 0 Å². The van der Waals surface area contributed by atoms with Crippen LogP contribution in [0.4, 0.5) is 0 Å². The molecule has 1 rings (SSSR count). The van der Waals surface area contributed by atoms with E-state index in [0.717, 1.165) is 5.57 Å². The number of carboxylic acids is 1. The topological polar surface area (TPSA) is 37.3 Å². The molecule has 12 heavy (non-hydrogen) atoms. The zero-order valence-corrected chi connectivity index (χ0v) is 7.99. The van der Waals surface area contributed by atoms with Gasteiger partial charge >= 0.3 is 5.97 Å². The van der Waals surface area contributed by atoms with Crippen LogP contribution < -0.4 is 0 Å². The Balaban J connectivity index is 2.94. The van der Waals surface area contributed by atoms with E-state index >= 15 is 0 Å². The highest BCUT2D eigenvalue weighted by Crippen LogP contribution is 2.33. The molecule has 0 spiro atoms. The molecule has 1 aliphatic carbocycles. The van der Waals surface area contributed by atoms with E-state index < -0.39 is 10.8 Å². The van der Waals surface area contributed by atoms with Crippen LogP contribution in [0.1, 0.15) is 13.3 Å². The van der Waals surface area contributed by atoms with E-state index in [1.807, 2.05) is 0 Å². The first-order valence-electron chi connectivity index (χ1n) is 3.42. The SMILES string of the molecule is CC1=C(Cl)C=CC(Cl)(C(=O)O)C1. The molecule has 0 saturated carbocycles. The zero-order chi connectivity index (χ0) is 9.35. The van der Waals surface area contributed by atoms with Crippen molar-refractivity contribution >= 4 is 29.2 Å². The number of carboxylic acid groups (broad SMARTS) is 1. The Labute approximate surface area is 80.5 Å². The molecule has 4 heteroatoms. The third kappa shape index (κ3) is 1.65. The summed E-state index contributed by atoms with van der Waals surface area (Å²) in [5.41, 5.74) is 0.802. The van der Waals surface area contributed by atoms with Crippen LogP contribution in [-0.2, 0) is 4.79 Å². The van der Waals surface area contributed by atoms with E-state index in [2.05, 4.69) is 0 Å². The number of hydrogen-bond acceptors (Lipinski definition) is 1. The van der Waals surface area contributed by atoms with E-state index in [9.17, 15) is 4.79 Å². The first-order chi connectivity index (χ1) is 5.46. The Morgan fingerprint density at radius 3 is 2.75 bits per heavy atom. The summed E-state index contributed by atoms with van der Waals surface area (Å²) in [7, 11) is 0. The van der Waals surface area contributed by atoms with E-state index in [0.29, 0.717) is 5.03 Å². The van der Waals surface area contributed by atoms with Crippen molar-refractivity contribution in [3.63, 3.8) is 0 Å². The van der Waals surface area contributed by atoms with E-state index in [1.165, 1.54) is 12.2 Å². The van der Waals surface area contributed by atoms with Gasteiger partial charge in [-0.2, -0.15) is 0 Å². The molecule has 66 valence electrons. The summed E-state index contributed by atoms with van der Waals surface area (Å²) in [5.74, 6) is -1.04. The number of allylic oxidation sites excluding steroid dienone is 3. The molecule has 0 radical (unpaired) electrons. The maximum Gasteiger partial charge on any atom is 0.329 e. The standard InChI is InChI=1S/C8H8Cl2O2/c1-5-4-8(10,7(11)12)3-2-6(5)9/h2-3H,4H2,1H3,(H,11,12). The molecule has 0 heterocycles. The minimum absolute atomic E-state index is 0.263. The van der Waals surface area contributed by atoms with Crippen LogP contribution in [0.2, 0.25) is 0 Å². The second-order valence-corrected chi connectivity index (χ2v) is 3.89. The van der Waals surface area contributed by atoms with Crippen LogP contribution in [0.25, 0.3) is 0 Å². The van der Waals surface area contributed by atoms with Gasteiger partial charge in [-0.05, 0) is 13.0 Å². The smallest absolute Gasteiger partial charge is 0.329 e. The lowest BCUT2D eigenvalue weighted by Crippen LogP contribution is -2.31. The minimum atomic E-state index is -1.30. The van der Waals surface area contributed by atoms with Crippen molar-refractivity contribution in [1.82, 2.24) is 0 Å². The summed E-state index contributed by atoms with van der Waals surface area (Å²) in [6.07, 6.45) is 3.20. The summed E-state index contributed by atoms with van der Waals surface area (Å²) in [4.78, 5) is 9.38. The summed E-state index contributed by atoms with van der Waals surface area (Å²) >= 11 is 11.5. The van der Waals surface area contributed by atoms with E-state index in [-0.39, 0.29) is 6.42 Å². The number of rotatable bonds is 1. The molecule has 0 amide bonds. The number of alkyl halides is 1. The zero-order valence-electron chi connectivity index (χ0n) is 6.47. The van der Waals surface area contributed by atoms with Gasteiger partial charge in [-0.15, -0.1) is 11.6 Å². The Bertz CT molecular complexity index is 281. The lowest BCUT2D eigenvalue weighted by atomic mass is 9.94. The van der Waals surface area contributed by atoms with Crippen LogP contribution in [0.5, 0.6) is 0 Å². The summed E-state index contributed by atoms with van der Waals surface area (Å²) in [6.45, 7) is 1.77. The molecule has 0 aromatic rings. The van der Waals surface area contributed by atoms with Crippen molar-refractivity contribution in [3.05, 3.63) is 22.8 Å². The van der Waals surface area contributed by atoms with Crippen molar-refractivity contribution in [1.29, 1.82) is 0 Å². The molecule has 0 aliphatic heterocycles. The fourth-order valence-corrected chi connectivity index (χ4v) is 1.42. The van der Waals surface area contributed by atoms with Crippen LogP contribution in [0.15, 0.2) is 22.8 Å². The van der Waals surface area contributed by atoms with Crippen molar-refractivity contribution in [2.45, 2.75) is 18.2 Å². The number of carbonyl (C=O) groups is 1. The van der Waals surface area contributed by atoms with Gasteiger partial charge < -0.3 is 5.11 Å². The van der Waals surface area contributed by atoms with Gasteiger partial charge in [-0.1, -0.05) is 23.3 Å². The molecule has 0 bridgehead atoms. The van der Waals surface area contributed by atoms with Crippen molar-refractivity contribution in [3.8, 4) is 0 Å². The summed E-state index contributed by atoms with van der Waals surface area (Å²) in [5, 5.41) is 9.33. The lowest BCUT2D eigenvalue weighted by molar-refractivity contribution is -0.138. The van der Waals surface area contributed by atoms with Gasteiger partial charge in [-0.3, -0.25) is 0 Å². The number of hydrogen-bond donors (Lipinski definition) is 1. The Morgan fingerprint density at radius 1 is 1.75 bits per heavy atom. The molecule has 1 atom stereocenters. The number of aliphatic carboxylic acids is 1. The predicted molar refractivity (Wildman–Crippen MR) is 48.5 cm³/mol. The Kier molecular flexibility index (Phi) is 2.49. The monoisotopic (exact) mass is 206 g/mol. The molecule has 2 nitrogen and oxygen atoms in total. The molecular formula is C8H8Cl2O2. The van der Waals surface area contributed by atoms with Crippen molar-refractivity contribution in [2.24, 2.45) is 0 Å². The first kappa shape index (κ1) is 9.62. The summed E-state index contributed by atoms with van der Waals surface area (Å²) in [6, 6.07) is 0.